The average molecular weight is 383 g/mol. The van der Waals surface area contributed by atoms with E-state index in [9.17, 15) is 9.59 Å². The summed E-state index contributed by atoms with van der Waals surface area (Å²) in [5, 5.41) is 1.57. The first-order chi connectivity index (χ1) is 13.1. The molecule has 0 spiro atoms. The predicted octanol–water partition coefficient (Wildman–Crippen LogP) is 4.79. The number of nitrogens with zero attached hydrogens (tertiary/aromatic N) is 1. The van der Waals surface area contributed by atoms with E-state index in [2.05, 4.69) is 11.5 Å². The molecular weight excluding hydrogens is 348 g/mol. The second kappa shape index (κ2) is 6.60. The lowest BCUT2D eigenvalue weighted by molar-refractivity contribution is -0.152. The lowest BCUT2D eigenvalue weighted by atomic mass is 9.49. The maximum atomic E-state index is 13.5. The van der Waals surface area contributed by atoms with E-state index < -0.39 is 5.54 Å². The van der Waals surface area contributed by atoms with E-state index >= 15 is 0 Å². The third-order valence-corrected chi connectivity index (χ3v) is 7.08. The summed E-state index contributed by atoms with van der Waals surface area (Å²) in [6.45, 7) is 9.94. The Morgan fingerprint density at radius 3 is 1.82 bits per heavy atom. The number of carbonyl (C=O) groups is 2. The molecule has 4 nitrogen and oxygen atoms in total. The quantitative estimate of drug-likeness (QED) is 0.748. The second-order valence-electron chi connectivity index (χ2n) is 10.8. The van der Waals surface area contributed by atoms with E-state index in [1.165, 1.54) is 19.3 Å². The highest BCUT2D eigenvalue weighted by molar-refractivity contribution is 5.97. The molecule has 5 rings (SSSR count). The van der Waals surface area contributed by atoms with Crippen molar-refractivity contribution in [3.05, 3.63) is 34.9 Å². The summed E-state index contributed by atoms with van der Waals surface area (Å²) in [7, 11) is 0. The Hall–Kier alpha value is -1.84. The van der Waals surface area contributed by atoms with Gasteiger partial charge in [-0.05, 0) is 103 Å². The summed E-state index contributed by atoms with van der Waals surface area (Å²) in [5.74, 6) is 2.05. The Kier molecular flexibility index (Phi) is 4.59. The topological polar surface area (TPSA) is 49.4 Å². The molecule has 4 aliphatic carbocycles. The van der Waals surface area contributed by atoms with E-state index in [0.717, 1.165) is 30.4 Å². The van der Waals surface area contributed by atoms with E-state index in [1.807, 2.05) is 46.8 Å². The molecule has 1 aromatic rings. The first-order valence-corrected chi connectivity index (χ1v) is 10.8. The van der Waals surface area contributed by atoms with E-state index in [1.54, 1.807) is 5.01 Å². The van der Waals surface area contributed by atoms with Crippen molar-refractivity contribution in [2.24, 2.45) is 23.2 Å². The molecule has 0 unspecified atom stereocenters. The van der Waals surface area contributed by atoms with Gasteiger partial charge in [0.25, 0.3) is 5.91 Å². The minimum absolute atomic E-state index is 0.0687. The number of hydrazine groups is 1. The van der Waals surface area contributed by atoms with Crippen LogP contribution in [0.25, 0.3) is 0 Å². The van der Waals surface area contributed by atoms with Crippen LogP contribution in [0, 0.1) is 37.0 Å². The number of amides is 2. The van der Waals surface area contributed by atoms with Crippen LogP contribution in [0.4, 0.5) is 0 Å². The zero-order valence-electron chi connectivity index (χ0n) is 18.0. The van der Waals surface area contributed by atoms with Crippen LogP contribution in [0.15, 0.2) is 18.2 Å². The van der Waals surface area contributed by atoms with E-state index in [4.69, 9.17) is 0 Å². The third-order valence-electron chi connectivity index (χ3n) is 7.08. The number of hydrogen-bond acceptors (Lipinski definition) is 2. The molecule has 0 radical (unpaired) electrons. The molecule has 4 fully saturated rings. The molecule has 28 heavy (non-hydrogen) atoms. The summed E-state index contributed by atoms with van der Waals surface area (Å²) in [6.07, 6.45) is 6.91. The molecule has 152 valence electrons. The minimum Gasteiger partial charge on any atom is -0.273 e. The SMILES string of the molecule is Cc1cc(C)cc(C(=O)N(NC(=O)C23CC4CC(CC(C4)C2)C3)C(C)(C)C)c1. The molecule has 4 bridgehead atoms. The van der Waals surface area contributed by atoms with E-state index in [0.29, 0.717) is 23.3 Å². The molecule has 1 N–H and O–H groups in total. The lowest BCUT2D eigenvalue weighted by Crippen LogP contribution is -2.61. The van der Waals surface area contributed by atoms with Crippen LogP contribution in [0.2, 0.25) is 0 Å². The van der Waals surface area contributed by atoms with Crippen molar-refractivity contribution in [1.29, 1.82) is 0 Å². The van der Waals surface area contributed by atoms with Crippen LogP contribution in [0.3, 0.4) is 0 Å². The number of carbonyl (C=O) groups excluding carboxylic acids is 2. The average Bonchev–Trinajstić information content (AvgIpc) is 2.55. The third kappa shape index (κ3) is 3.46. The maximum absolute atomic E-state index is 13.5. The van der Waals surface area contributed by atoms with E-state index in [-0.39, 0.29) is 17.2 Å². The summed E-state index contributed by atoms with van der Waals surface area (Å²) in [5.41, 5.74) is 5.10. The minimum atomic E-state index is -0.493. The molecule has 0 saturated heterocycles. The molecule has 2 amide bonds. The summed E-state index contributed by atoms with van der Waals surface area (Å²) in [6, 6.07) is 5.88. The number of rotatable bonds is 2. The van der Waals surface area contributed by atoms with Crippen LogP contribution in [-0.4, -0.2) is 22.4 Å². The molecule has 0 atom stereocenters. The molecule has 1 aromatic carbocycles. The molecule has 0 aliphatic heterocycles. The largest absolute Gasteiger partial charge is 0.273 e. The smallest absolute Gasteiger partial charge is 0.272 e. The highest BCUT2D eigenvalue weighted by Gasteiger charge is 2.55. The maximum Gasteiger partial charge on any atom is 0.272 e. The van der Waals surface area contributed by atoms with Crippen molar-refractivity contribution in [2.75, 3.05) is 0 Å². The Morgan fingerprint density at radius 2 is 1.39 bits per heavy atom. The van der Waals surface area contributed by atoms with Crippen molar-refractivity contribution < 1.29 is 9.59 Å². The first-order valence-electron chi connectivity index (χ1n) is 10.8. The number of nitrogens with one attached hydrogen (secondary N) is 1. The van der Waals surface area contributed by atoms with Crippen molar-refractivity contribution in [1.82, 2.24) is 10.4 Å². The van der Waals surface area contributed by atoms with Gasteiger partial charge in [0.1, 0.15) is 0 Å². The van der Waals surface area contributed by atoms with Crippen LogP contribution >= 0.6 is 0 Å². The van der Waals surface area contributed by atoms with Gasteiger partial charge in [0.05, 0.1) is 11.0 Å². The fourth-order valence-electron chi connectivity index (χ4n) is 6.36. The van der Waals surface area contributed by atoms with Gasteiger partial charge in [-0.25, -0.2) is 5.01 Å². The Balaban J connectivity index is 1.59. The molecule has 0 heterocycles. The Labute approximate surface area is 169 Å². The predicted molar refractivity (Wildman–Crippen MR) is 111 cm³/mol. The fraction of sp³-hybridized carbons (Fsp3) is 0.667. The summed E-state index contributed by atoms with van der Waals surface area (Å²) in [4.78, 5) is 26.9. The van der Waals surface area contributed by atoms with Crippen LogP contribution in [0.5, 0.6) is 0 Å². The number of aryl methyl sites for hydroxylation is 2. The summed E-state index contributed by atoms with van der Waals surface area (Å²) < 4.78 is 0. The van der Waals surface area contributed by atoms with Gasteiger partial charge < -0.3 is 0 Å². The molecule has 4 saturated carbocycles. The van der Waals surface area contributed by atoms with Crippen LogP contribution < -0.4 is 5.43 Å². The molecule has 0 aromatic heterocycles. The van der Waals surface area contributed by atoms with Gasteiger partial charge in [-0.1, -0.05) is 17.2 Å². The Morgan fingerprint density at radius 1 is 0.929 bits per heavy atom. The highest BCUT2D eigenvalue weighted by atomic mass is 16.2. The second-order valence-corrected chi connectivity index (χ2v) is 10.8. The molecule has 4 heteroatoms. The Bertz CT molecular complexity index is 750. The molecular formula is C24H34N2O2. The van der Waals surface area contributed by atoms with Gasteiger partial charge in [0.2, 0.25) is 5.91 Å². The molecule has 4 aliphatic rings. The monoisotopic (exact) mass is 382 g/mol. The van der Waals surface area contributed by atoms with Crippen molar-refractivity contribution in [2.45, 2.75) is 78.7 Å². The van der Waals surface area contributed by atoms with Crippen molar-refractivity contribution in [3.8, 4) is 0 Å². The standard InChI is InChI=1S/C24H34N2O2/c1-15-6-16(2)8-20(7-15)21(27)26(23(3,4)5)25-22(28)24-12-17-9-18(13-24)11-19(10-17)14-24/h6-8,17-19H,9-14H2,1-5H3,(H,25,28). The van der Waals surface area contributed by atoms with Crippen LogP contribution in [0.1, 0.15) is 80.8 Å². The van der Waals surface area contributed by atoms with Crippen molar-refractivity contribution in [3.63, 3.8) is 0 Å². The fourth-order valence-corrected chi connectivity index (χ4v) is 6.36. The van der Waals surface area contributed by atoms with Gasteiger partial charge in [-0.3, -0.25) is 15.0 Å². The zero-order chi connectivity index (χ0) is 20.3. The highest BCUT2D eigenvalue weighted by Crippen LogP contribution is 2.60. The van der Waals surface area contributed by atoms with Gasteiger partial charge in [-0.15, -0.1) is 0 Å². The zero-order valence-corrected chi connectivity index (χ0v) is 18.0. The van der Waals surface area contributed by atoms with Gasteiger partial charge >= 0.3 is 0 Å². The first kappa shape index (κ1) is 19.5. The van der Waals surface area contributed by atoms with Crippen molar-refractivity contribution >= 4 is 11.8 Å². The normalized spacial score (nSPS) is 31.0. The van der Waals surface area contributed by atoms with Crippen LogP contribution in [-0.2, 0) is 4.79 Å². The van der Waals surface area contributed by atoms with Gasteiger partial charge in [0.15, 0.2) is 0 Å². The summed E-state index contributed by atoms with van der Waals surface area (Å²) >= 11 is 0. The number of benzene rings is 1. The number of hydrogen-bond donors (Lipinski definition) is 1. The van der Waals surface area contributed by atoms with Gasteiger partial charge in [-0.2, -0.15) is 0 Å². The van der Waals surface area contributed by atoms with Gasteiger partial charge in [0, 0.05) is 5.56 Å². The lowest BCUT2D eigenvalue weighted by Gasteiger charge is -2.56.